The predicted molar refractivity (Wildman–Crippen MR) is 98.7 cm³/mol. The molecule has 0 bridgehead atoms. The Morgan fingerprint density at radius 1 is 1.29 bits per heavy atom. The van der Waals surface area contributed by atoms with Crippen LogP contribution < -0.4 is 15.4 Å². The predicted octanol–water partition coefficient (Wildman–Crippen LogP) is 4.36. The summed E-state index contributed by atoms with van der Waals surface area (Å²) in [5, 5.41) is 8.20. The van der Waals surface area contributed by atoms with Crippen molar-refractivity contribution in [3.05, 3.63) is 46.7 Å². The molecule has 1 amide bonds. The van der Waals surface area contributed by atoms with Gasteiger partial charge in [-0.05, 0) is 56.2 Å². The normalized spacial score (nSPS) is 15.9. The van der Waals surface area contributed by atoms with E-state index in [2.05, 4.69) is 10.6 Å². The molecule has 5 heteroatoms. The number of amides is 1. The van der Waals surface area contributed by atoms with E-state index in [0.29, 0.717) is 6.10 Å². The zero-order chi connectivity index (χ0) is 16.8. The van der Waals surface area contributed by atoms with Crippen molar-refractivity contribution in [2.45, 2.75) is 44.8 Å². The molecule has 0 aliphatic heterocycles. The van der Waals surface area contributed by atoms with Gasteiger partial charge in [0.05, 0.1) is 18.7 Å². The summed E-state index contributed by atoms with van der Waals surface area (Å²) in [6.45, 7) is 2.25. The third kappa shape index (κ3) is 4.74. The molecule has 1 heterocycles. The lowest BCUT2D eigenvalue weighted by molar-refractivity contribution is -0.120. The summed E-state index contributed by atoms with van der Waals surface area (Å²) in [6, 6.07) is 11.9. The number of thiophene rings is 1. The molecule has 1 unspecified atom stereocenters. The maximum absolute atomic E-state index is 12.1. The molecule has 1 aliphatic carbocycles. The average Bonchev–Trinajstić information content (AvgIpc) is 3.27. The van der Waals surface area contributed by atoms with E-state index in [1.807, 2.05) is 48.7 Å². The van der Waals surface area contributed by atoms with E-state index in [1.165, 1.54) is 12.8 Å². The van der Waals surface area contributed by atoms with Gasteiger partial charge < -0.3 is 15.4 Å². The molecular formula is C19H24N2O2S. The molecule has 1 aromatic heterocycles. The Hall–Kier alpha value is -2.01. The number of benzene rings is 1. The number of ether oxygens (including phenoxy) is 1. The van der Waals surface area contributed by atoms with Crippen LogP contribution in [0.15, 0.2) is 41.8 Å². The molecule has 24 heavy (non-hydrogen) atoms. The molecule has 1 aliphatic rings. The summed E-state index contributed by atoms with van der Waals surface area (Å²) in [6.07, 6.45) is 5.13. The molecule has 0 saturated heterocycles. The summed E-state index contributed by atoms with van der Waals surface area (Å²) in [7, 11) is 0. The minimum absolute atomic E-state index is 0.0157. The van der Waals surface area contributed by atoms with Crippen molar-refractivity contribution in [2.75, 3.05) is 11.9 Å². The topological polar surface area (TPSA) is 50.4 Å². The number of hydrogen-bond donors (Lipinski definition) is 2. The first-order valence-electron chi connectivity index (χ1n) is 8.54. The maximum Gasteiger partial charge on any atom is 0.239 e. The van der Waals surface area contributed by atoms with Crippen LogP contribution in [-0.4, -0.2) is 18.6 Å². The molecule has 0 spiro atoms. The van der Waals surface area contributed by atoms with E-state index in [4.69, 9.17) is 4.74 Å². The molecule has 2 aromatic rings. The van der Waals surface area contributed by atoms with E-state index in [1.54, 1.807) is 11.3 Å². The van der Waals surface area contributed by atoms with Gasteiger partial charge in [-0.15, -0.1) is 11.3 Å². The minimum Gasteiger partial charge on any atom is -0.490 e. The maximum atomic E-state index is 12.1. The lowest BCUT2D eigenvalue weighted by Gasteiger charge is -2.15. The first-order valence-corrected chi connectivity index (χ1v) is 9.42. The van der Waals surface area contributed by atoms with Gasteiger partial charge in [0.25, 0.3) is 0 Å². The highest BCUT2D eigenvalue weighted by Gasteiger charge is 2.16. The van der Waals surface area contributed by atoms with Gasteiger partial charge in [0.2, 0.25) is 5.91 Å². The van der Waals surface area contributed by atoms with Gasteiger partial charge in [-0.3, -0.25) is 4.79 Å². The van der Waals surface area contributed by atoms with Gasteiger partial charge >= 0.3 is 0 Å². The molecule has 3 rings (SSSR count). The Morgan fingerprint density at radius 3 is 2.88 bits per heavy atom. The summed E-state index contributed by atoms with van der Waals surface area (Å²) in [5.41, 5.74) is 0.907. The molecule has 1 aromatic carbocycles. The van der Waals surface area contributed by atoms with Crippen LogP contribution in [-0.2, 0) is 4.79 Å². The minimum atomic E-state index is -0.0157. The van der Waals surface area contributed by atoms with Crippen molar-refractivity contribution in [1.82, 2.24) is 5.32 Å². The number of nitrogens with one attached hydrogen (secondary N) is 2. The van der Waals surface area contributed by atoms with Crippen LogP contribution in [0.4, 0.5) is 5.69 Å². The van der Waals surface area contributed by atoms with E-state index < -0.39 is 0 Å². The third-order valence-electron chi connectivity index (χ3n) is 4.24. The molecule has 1 fully saturated rings. The van der Waals surface area contributed by atoms with Crippen LogP contribution in [0.1, 0.15) is 43.5 Å². The van der Waals surface area contributed by atoms with Gasteiger partial charge in [0.1, 0.15) is 5.75 Å². The Balaban J connectivity index is 1.48. The Labute approximate surface area is 147 Å². The van der Waals surface area contributed by atoms with Crippen LogP contribution in [0.25, 0.3) is 0 Å². The van der Waals surface area contributed by atoms with Crippen molar-refractivity contribution in [1.29, 1.82) is 0 Å². The van der Waals surface area contributed by atoms with Crippen LogP contribution >= 0.6 is 11.3 Å². The van der Waals surface area contributed by atoms with Crippen LogP contribution in [0, 0.1) is 0 Å². The fourth-order valence-corrected chi connectivity index (χ4v) is 3.70. The Kier molecular flexibility index (Phi) is 5.75. The second-order valence-corrected chi connectivity index (χ2v) is 7.19. The smallest absolute Gasteiger partial charge is 0.239 e. The molecular weight excluding hydrogens is 320 g/mol. The molecule has 2 N–H and O–H groups in total. The number of anilines is 1. The number of carbonyl (C=O) groups is 1. The van der Waals surface area contributed by atoms with E-state index in [-0.39, 0.29) is 18.5 Å². The quantitative estimate of drug-likeness (QED) is 0.785. The first kappa shape index (κ1) is 16.8. The lowest BCUT2D eigenvalue weighted by Crippen LogP contribution is -2.31. The average molecular weight is 344 g/mol. The standard InChI is InChI=1S/C19H24N2O2S/c1-14(18-10-5-11-24-18)21-19(22)13-20-15-6-4-9-17(12-15)23-16-7-2-3-8-16/h4-6,9-12,14,16,20H,2-3,7-8,13H2,1H3,(H,21,22). The van der Waals surface area contributed by atoms with Crippen molar-refractivity contribution < 1.29 is 9.53 Å². The van der Waals surface area contributed by atoms with E-state index in [0.717, 1.165) is 29.2 Å². The van der Waals surface area contributed by atoms with Crippen LogP contribution in [0.2, 0.25) is 0 Å². The van der Waals surface area contributed by atoms with Gasteiger partial charge in [0, 0.05) is 16.6 Å². The van der Waals surface area contributed by atoms with Crippen LogP contribution in [0.3, 0.4) is 0 Å². The second kappa shape index (κ2) is 8.20. The first-order chi connectivity index (χ1) is 11.7. The monoisotopic (exact) mass is 344 g/mol. The number of rotatable bonds is 7. The molecule has 1 saturated carbocycles. The summed E-state index contributed by atoms with van der Waals surface area (Å²) < 4.78 is 6.00. The highest BCUT2D eigenvalue weighted by Crippen LogP contribution is 2.25. The van der Waals surface area contributed by atoms with Crippen molar-refractivity contribution in [3.63, 3.8) is 0 Å². The van der Waals surface area contributed by atoms with Crippen molar-refractivity contribution in [2.24, 2.45) is 0 Å². The zero-order valence-electron chi connectivity index (χ0n) is 14.0. The lowest BCUT2D eigenvalue weighted by atomic mass is 10.2. The van der Waals surface area contributed by atoms with Gasteiger partial charge in [-0.25, -0.2) is 0 Å². The highest BCUT2D eigenvalue weighted by atomic mass is 32.1. The summed E-state index contributed by atoms with van der Waals surface area (Å²) in [4.78, 5) is 13.2. The van der Waals surface area contributed by atoms with Gasteiger partial charge in [0.15, 0.2) is 0 Å². The zero-order valence-corrected chi connectivity index (χ0v) is 14.8. The number of hydrogen-bond acceptors (Lipinski definition) is 4. The van der Waals surface area contributed by atoms with Gasteiger partial charge in [-0.1, -0.05) is 12.1 Å². The number of carbonyl (C=O) groups excluding carboxylic acids is 1. The van der Waals surface area contributed by atoms with E-state index in [9.17, 15) is 4.79 Å². The largest absolute Gasteiger partial charge is 0.490 e. The SMILES string of the molecule is CC(NC(=O)CNc1cccc(OC2CCCC2)c1)c1cccs1. The van der Waals surface area contributed by atoms with Crippen molar-refractivity contribution >= 4 is 22.9 Å². The van der Waals surface area contributed by atoms with Gasteiger partial charge in [-0.2, -0.15) is 0 Å². The van der Waals surface area contributed by atoms with Crippen LogP contribution in [0.5, 0.6) is 5.75 Å². The molecule has 0 radical (unpaired) electrons. The summed E-state index contributed by atoms with van der Waals surface area (Å²) >= 11 is 1.65. The Morgan fingerprint density at radius 2 is 2.12 bits per heavy atom. The second-order valence-electron chi connectivity index (χ2n) is 6.21. The molecule has 128 valence electrons. The van der Waals surface area contributed by atoms with E-state index >= 15 is 0 Å². The summed E-state index contributed by atoms with van der Waals surface area (Å²) in [5.74, 6) is 0.859. The fourth-order valence-electron chi connectivity index (χ4n) is 2.96. The Bertz CT molecular complexity index is 651. The molecule has 4 nitrogen and oxygen atoms in total. The highest BCUT2D eigenvalue weighted by molar-refractivity contribution is 7.10. The fraction of sp³-hybridized carbons (Fsp3) is 0.421. The third-order valence-corrected chi connectivity index (χ3v) is 5.29. The van der Waals surface area contributed by atoms with Crippen molar-refractivity contribution in [3.8, 4) is 5.75 Å². The molecule has 1 atom stereocenters.